The van der Waals surface area contributed by atoms with E-state index < -0.39 is 22.5 Å². The maximum atomic E-state index is 12.4. The van der Waals surface area contributed by atoms with Crippen LogP contribution >= 0.6 is 11.6 Å². The Bertz CT molecular complexity index is 1250. The van der Waals surface area contributed by atoms with Crippen LogP contribution in [-0.4, -0.2) is 33.3 Å². The Hall–Kier alpha value is -3.36. The van der Waals surface area contributed by atoms with Gasteiger partial charge < -0.3 is 4.74 Å². The molecule has 3 rings (SSSR count). The Labute approximate surface area is 198 Å². The van der Waals surface area contributed by atoms with E-state index in [9.17, 15) is 13.2 Å². The van der Waals surface area contributed by atoms with Gasteiger partial charge in [-0.2, -0.15) is 5.10 Å². The fraction of sp³-hybridized carbons (Fsp3) is 0.167. The van der Waals surface area contributed by atoms with E-state index >= 15 is 0 Å². The van der Waals surface area contributed by atoms with Gasteiger partial charge in [-0.25, -0.2) is 13.8 Å². The van der Waals surface area contributed by atoms with Gasteiger partial charge in [0, 0.05) is 10.6 Å². The third-order valence-corrected chi connectivity index (χ3v) is 6.03. The zero-order chi connectivity index (χ0) is 23.8. The topological polar surface area (TPSA) is 88.1 Å². The molecule has 0 heterocycles. The van der Waals surface area contributed by atoms with Crippen LogP contribution in [0.15, 0.2) is 77.9 Å². The number of anilines is 1. The highest BCUT2D eigenvalue weighted by Gasteiger charge is 2.22. The third kappa shape index (κ3) is 7.06. The van der Waals surface area contributed by atoms with E-state index in [1.807, 2.05) is 42.5 Å². The van der Waals surface area contributed by atoms with Crippen LogP contribution in [-0.2, 0) is 21.4 Å². The number of nitrogens with one attached hydrogen (secondary N) is 1. The van der Waals surface area contributed by atoms with Crippen molar-refractivity contribution >= 4 is 39.4 Å². The Balaban J connectivity index is 1.67. The number of para-hydroxylation sites is 1. The van der Waals surface area contributed by atoms with Crippen molar-refractivity contribution in [3.8, 4) is 5.75 Å². The molecular formula is C24H24ClN3O4S. The number of halogens is 1. The first kappa shape index (κ1) is 24.3. The Morgan fingerprint density at radius 2 is 1.79 bits per heavy atom. The second-order valence-corrected chi connectivity index (χ2v) is 9.65. The molecule has 0 bridgehead atoms. The quantitative estimate of drug-likeness (QED) is 0.364. The summed E-state index contributed by atoms with van der Waals surface area (Å²) in [7, 11) is -3.71. The van der Waals surface area contributed by atoms with Crippen LogP contribution < -0.4 is 14.5 Å². The van der Waals surface area contributed by atoms with E-state index in [-0.39, 0.29) is 0 Å². The fourth-order valence-electron chi connectivity index (χ4n) is 3.07. The van der Waals surface area contributed by atoms with Gasteiger partial charge in [-0.05, 0) is 48.4 Å². The Kier molecular flexibility index (Phi) is 8.08. The van der Waals surface area contributed by atoms with Gasteiger partial charge in [-0.15, -0.1) is 0 Å². The van der Waals surface area contributed by atoms with Gasteiger partial charge in [0.2, 0.25) is 10.0 Å². The lowest BCUT2D eigenvalue weighted by Crippen LogP contribution is -2.39. The number of hydrogen-bond acceptors (Lipinski definition) is 5. The molecule has 3 aromatic rings. The van der Waals surface area contributed by atoms with Gasteiger partial charge in [0.25, 0.3) is 5.91 Å². The largest absolute Gasteiger partial charge is 0.488 e. The van der Waals surface area contributed by atoms with Crippen LogP contribution in [0.25, 0.3) is 0 Å². The van der Waals surface area contributed by atoms with Gasteiger partial charge in [0.15, 0.2) is 0 Å². The number of nitrogens with zero attached hydrogens (tertiary/aromatic N) is 2. The minimum Gasteiger partial charge on any atom is -0.488 e. The lowest BCUT2D eigenvalue weighted by Gasteiger charge is -2.23. The van der Waals surface area contributed by atoms with Crippen molar-refractivity contribution in [3.05, 3.63) is 94.5 Å². The summed E-state index contributed by atoms with van der Waals surface area (Å²) in [6, 6.07) is 21.8. The molecule has 0 fully saturated rings. The standard InChI is InChI=1S/C24H24ClN3O4S/c1-18-14-21(25)12-13-22(18)28(33(2,30)31)16-24(29)27-26-15-20-10-6-7-11-23(20)32-17-19-8-4-3-5-9-19/h3-15H,16-17H2,1-2H3,(H,27,29)/b26-15-. The van der Waals surface area contributed by atoms with Crippen LogP contribution in [0, 0.1) is 6.92 Å². The monoisotopic (exact) mass is 485 g/mol. The van der Waals surface area contributed by atoms with Crippen LogP contribution in [0.2, 0.25) is 5.02 Å². The molecule has 172 valence electrons. The molecule has 0 aliphatic rings. The number of hydrazone groups is 1. The van der Waals surface area contributed by atoms with Crippen LogP contribution in [0.1, 0.15) is 16.7 Å². The van der Waals surface area contributed by atoms with Crippen molar-refractivity contribution in [2.24, 2.45) is 5.10 Å². The molecule has 0 aromatic heterocycles. The molecule has 1 amide bonds. The maximum Gasteiger partial charge on any atom is 0.260 e. The first-order valence-corrected chi connectivity index (χ1v) is 12.3. The van der Waals surface area contributed by atoms with Crippen molar-refractivity contribution in [2.45, 2.75) is 13.5 Å². The van der Waals surface area contributed by atoms with Crippen LogP contribution in [0.5, 0.6) is 5.75 Å². The van der Waals surface area contributed by atoms with Gasteiger partial charge in [0.1, 0.15) is 18.9 Å². The molecule has 0 aliphatic heterocycles. The van der Waals surface area contributed by atoms with Gasteiger partial charge in [-0.3, -0.25) is 9.10 Å². The van der Waals surface area contributed by atoms with Crippen molar-refractivity contribution in [3.63, 3.8) is 0 Å². The molecule has 0 unspecified atom stereocenters. The third-order valence-electron chi connectivity index (χ3n) is 4.66. The van der Waals surface area contributed by atoms with Gasteiger partial charge >= 0.3 is 0 Å². The highest BCUT2D eigenvalue weighted by Crippen LogP contribution is 2.25. The lowest BCUT2D eigenvalue weighted by molar-refractivity contribution is -0.119. The van der Waals surface area contributed by atoms with Crippen LogP contribution in [0.4, 0.5) is 5.69 Å². The number of carbonyl (C=O) groups excluding carboxylic acids is 1. The predicted molar refractivity (Wildman–Crippen MR) is 131 cm³/mol. The molecule has 0 aliphatic carbocycles. The molecular weight excluding hydrogens is 462 g/mol. The number of aryl methyl sites for hydroxylation is 1. The number of sulfonamides is 1. The van der Waals surface area contributed by atoms with Gasteiger partial charge in [-0.1, -0.05) is 54.1 Å². The average molecular weight is 486 g/mol. The minimum absolute atomic E-state index is 0.376. The molecule has 0 saturated carbocycles. The number of amides is 1. The normalized spacial score (nSPS) is 11.4. The van der Waals surface area contributed by atoms with Gasteiger partial charge in [0.05, 0.1) is 18.2 Å². The zero-order valence-corrected chi connectivity index (χ0v) is 19.8. The number of carbonyl (C=O) groups is 1. The van der Waals surface area contributed by atoms with Crippen molar-refractivity contribution in [1.82, 2.24) is 5.43 Å². The summed E-state index contributed by atoms with van der Waals surface area (Å²) >= 11 is 5.96. The van der Waals surface area contributed by atoms with E-state index in [0.717, 1.165) is 16.1 Å². The number of ether oxygens (including phenoxy) is 1. The highest BCUT2D eigenvalue weighted by molar-refractivity contribution is 7.92. The van der Waals surface area contributed by atoms with Crippen molar-refractivity contribution in [1.29, 1.82) is 0 Å². The smallest absolute Gasteiger partial charge is 0.260 e. The molecule has 0 atom stereocenters. The summed E-state index contributed by atoms with van der Waals surface area (Å²) < 4.78 is 31.5. The highest BCUT2D eigenvalue weighted by atomic mass is 35.5. The number of hydrogen-bond donors (Lipinski definition) is 1. The molecule has 3 aromatic carbocycles. The second-order valence-electron chi connectivity index (χ2n) is 7.31. The molecule has 0 saturated heterocycles. The van der Waals surface area contributed by atoms with Crippen molar-refractivity contribution in [2.75, 3.05) is 17.1 Å². The van der Waals surface area contributed by atoms with E-state index in [2.05, 4.69) is 10.5 Å². The van der Waals surface area contributed by atoms with Crippen LogP contribution in [0.3, 0.4) is 0 Å². The number of benzene rings is 3. The summed E-state index contributed by atoms with van der Waals surface area (Å²) in [6.07, 6.45) is 2.49. The second kappa shape index (κ2) is 11.0. The predicted octanol–water partition coefficient (Wildman–Crippen LogP) is 4.14. The average Bonchev–Trinajstić information content (AvgIpc) is 2.77. The first-order chi connectivity index (χ1) is 15.7. The zero-order valence-electron chi connectivity index (χ0n) is 18.2. The van der Waals surface area contributed by atoms with E-state index in [0.29, 0.717) is 34.2 Å². The molecule has 7 nitrogen and oxygen atoms in total. The number of rotatable bonds is 9. The SMILES string of the molecule is Cc1cc(Cl)ccc1N(CC(=O)N/N=C\c1ccccc1OCc1ccccc1)S(C)(=O)=O. The fourth-order valence-corrected chi connectivity index (χ4v) is 4.21. The van der Waals surface area contributed by atoms with Crippen molar-refractivity contribution < 1.29 is 17.9 Å². The summed E-state index contributed by atoms with van der Waals surface area (Å²) in [5.41, 5.74) is 5.08. The van der Waals surface area contributed by atoms with E-state index in [1.165, 1.54) is 6.21 Å². The van der Waals surface area contributed by atoms with E-state index in [1.54, 1.807) is 37.3 Å². The van der Waals surface area contributed by atoms with E-state index in [4.69, 9.17) is 16.3 Å². The molecule has 33 heavy (non-hydrogen) atoms. The first-order valence-electron chi connectivity index (χ1n) is 10.1. The maximum absolute atomic E-state index is 12.4. The summed E-state index contributed by atoms with van der Waals surface area (Å²) in [5, 5.41) is 4.45. The molecule has 9 heteroatoms. The summed E-state index contributed by atoms with van der Waals surface area (Å²) in [4.78, 5) is 12.4. The Morgan fingerprint density at radius 1 is 1.09 bits per heavy atom. The summed E-state index contributed by atoms with van der Waals surface area (Å²) in [6.45, 7) is 1.69. The summed E-state index contributed by atoms with van der Waals surface area (Å²) in [5.74, 6) is 0.0163. The molecule has 0 radical (unpaired) electrons. The minimum atomic E-state index is -3.71. The Morgan fingerprint density at radius 3 is 2.48 bits per heavy atom. The lowest BCUT2D eigenvalue weighted by atomic mass is 10.2. The molecule has 1 N–H and O–H groups in total. The molecule has 0 spiro atoms.